The highest BCUT2D eigenvalue weighted by atomic mass is 16.3. The molecule has 10 rings (SSSR count). The van der Waals surface area contributed by atoms with Crippen molar-refractivity contribution in [1.82, 2.24) is 19.5 Å². The molecule has 0 N–H and O–H groups in total. The molecule has 7 aromatic carbocycles. The topological polar surface area (TPSA) is 56.7 Å². The maximum Gasteiger partial charge on any atom is 0.164 e. The second-order valence-corrected chi connectivity index (χ2v) is 12.5. The summed E-state index contributed by atoms with van der Waals surface area (Å²) in [6.45, 7) is 0. The van der Waals surface area contributed by atoms with Crippen molar-refractivity contribution in [2.24, 2.45) is 0 Å². The van der Waals surface area contributed by atoms with Crippen molar-refractivity contribution in [2.75, 3.05) is 0 Å². The van der Waals surface area contributed by atoms with E-state index in [-0.39, 0.29) is 0 Å². The van der Waals surface area contributed by atoms with Crippen molar-refractivity contribution in [1.29, 1.82) is 0 Å². The van der Waals surface area contributed by atoms with Gasteiger partial charge in [-0.3, -0.25) is 0 Å². The number of nitrogens with zero attached hydrogens (tertiary/aromatic N) is 4. The fourth-order valence-corrected chi connectivity index (χ4v) is 7.05. The van der Waals surface area contributed by atoms with Crippen molar-refractivity contribution in [3.8, 4) is 51.0 Å². The van der Waals surface area contributed by atoms with Crippen LogP contribution in [0.2, 0.25) is 0 Å². The van der Waals surface area contributed by atoms with E-state index in [9.17, 15) is 0 Å². The zero-order valence-electron chi connectivity index (χ0n) is 26.9. The molecule has 5 nitrogen and oxygen atoms in total. The predicted molar refractivity (Wildman–Crippen MR) is 203 cm³/mol. The van der Waals surface area contributed by atoms with E-state index in [4.69, 9.17) is 19.4 Å². The highest BCUT2D eigenvalue weighted by molar-refractivity contribution is 6.21. The lowest BCUT2D eigenvalue weighted by Crippen LogP contribution is -2.00. The number of furan rings is 1. The van der Waals surface area contributed by atoms with Crippen LogP contribution >= 0.6 is 0 Å². The average molecular weight is 641 g/mol. The zero-order valence-corrected chi connectivity index (χ0v) is 26.9. The Morgan fingerprint density at radius 2 is 0.840 bits per heavy atom. The summed E-state index contributed by atoms with van der Waals surface area (Å²) in [5, 5.41) is 4.56. The summed E-state index contributed by atoms with van der Waals surface area (Å²) in [6, 6.07) is 58.5. The van der Waals surface area contributed by atoms with E-state index in [1.54, 1.807) is 0 Å². The van der Waals surface area contributed by atoms with Gasteiger partial charge in [0, 0.05) is 43.9 Å². The summed E-state index contributed by atoms with van der Waals surface area (Å²) in [7, 11) is 0. The largest absolute Gasteiger partial charge is 0.454 e. The number of hydrogen-bond acceptors (Lipinski definition) is 4. The third-order valence-corrected chi connectivity index (χ3v) is 9.48. The first-order chi connectivity index (χ1) is 24.8. The van der Waals surface area contributed by atoms with Crippen molar-refractivity contribution in [3.63, 3.8) is 0 Å². The van der Waals surface area contributed by atoms with Crippen LogP contribution in [0.3, 0.4) is 0 Å². The molecule has 0 aliphatic heterocycles. The van der Waals surface area contributed by atoms with Crippen molar-refractivity contribution >= 4 is 43.7 Å². The number of rotatable bonds is 5. The molecule has 0 saturated heterocycles. The van der Waals surface area contributed by atoms with Crippen molar-refractivity contribution < 1.29 is 4.42 Å². The van der Waals surface area contributed by atoms with E-state index < -0.39 is 0 Å². The fraction of sp³-hybridized carbons (Fsp3) is 0. The Bertz CT molecular complexity index is 2840. The molecular weight excluding hydrogens is 613 g/mol. The third kappa shape index (κ3) is 4.60. The van der Waals surface area contributed by atoms with Gasteiger partial charge in [-0.2, -0.15) is 0 Å². The number of aromatic nitrogens is 4. The third-order valence-electron chi connectivity index (χ3n) is 9.48. The molecule has 0 unspecified atom stereocenters. The predicted octanol–water partition coefficient (Wildman–Crippen LogP) is 11.5. The van der Waals surface area contributed by atoms with Gasteiger partial charge in [-0.15, -0.1) is 0 Å². The zero-order chi connectivity index (χ0) is 33.0. The van der Waals surface area contributed by atoms with Gasteiger partial charge in [0.15, 0.2) is 23.1 Å². The molecule has 0 radical (unpaired) electrons. The van der Waals surface area contributed by atoms with Gasteiger partial charge in [-0.1, -0.05) is 127 Å². The maximum absolute atomic E-state index is 6.55. The monoisotopic (exact) mass is 640 g/mol. The first-order valence-corrected chi connectivity index (χ1v) is 16.7. The summed E-state index contributed by atoms with van der Waals surface area (Å²) in [5.74, 6) is 1.89. The highest BCUT2D eigenvalue weighted by Gasteiger charge is 2.19. The summed E-state index contributed by atoms with van der Waals surface area (Å²) < 4.78 is 8.85. The molecule has 0 atom stereocenters. The van der Waals surface area contributed by atoms with E-state index in [0.717, 1.165) is 66.3 Å². The second kappa shape index (κ2) is 11.4. The SMILES string of the molecule is c1ccc(-c2ccc(-c3nc(-c4ccccc4)nc(-c4ccc(-n5c6ccccc6c6ccc7c8ccccc8oc7c65)cc4)n3)cc2)cc1. The summed E-state index contributed by atoms with van der Waals surface area (Å²) in [5.41, 5.74) is 10.1. The molecule has 0 aliphatic carbocycles. The highest BCUT2D eigenvalue weighted by Crippen LogP contribution is 2.40. The Labute approximate surface area is 287 Å². The molecule has 0 amide bonds. The molecule has 3 aromatic heterocycles. The molecule has 10 aromatic rings. The number of fused-ring (bicyclic) bond motifs is 7. The first kappa shape index (κ1) is 28.2. The van der Waals surface area contributed by atoms with Gasteiger partial charge in [0.2, 0.25) is 0 Å². The van der Waals surface area contributed by atoms with Gasteiger partial charge in [-0.25, -0.2) is 15.0 Å². The van der Waals surface area contributed by atoms with Gasteiger partial charge in [0.25, 0.3) is 0 Å². The van der Waals surface area contributed by atoms with Crippen LogP contribution in [0.25, 0.3) is 94.7 Å². The van der Waals surface area contributed by atoms with Gasteiger partial charge in [-0.05, 0) is 53.6 Å². The second-order valence-electron chi connectivity index (χ2n) is 12.5. The molecule has 5 heteroatoms. The Hall–Kier alpha value is -6.85. The van der Waals surface area contributed by atoms with Gasteiger partial charge < -0.3 is 8.98 Å². The minimum Gasteiger partial charge on any atom is -0.454 e. The number of benzene rings is 7. The molecule has 3 heterocycles. The lowest BCUT2D eigenvalue weighted by molar-refractivity contribution is 0.671. The molecule has 234 valence electrons. The Morgan fingerprint density at radius 3 is 1.52 bits per heavy atom. The van der Waals surface area contributed by atoms with E-state index in [2.05, 4.69) is 126 Å². The van der Waals surface area contributed by atoms with Crippen LogP contribution in [-0.4, -0.2) is 19.5 Å². The molecule has 0 spiro atoms. The van der Waals surface area contributed by atoms with Crippen LogP contribution < -0.4 is 0 Å². The Morgan fingerprint density at radius 1 is 0.360 bits per heavy atom. The van der Waals surface area contributed by atoms with Gasteiger partial charge in [0.1, 0.15) is 5.58 Å². The quantitative estimate of drug-likeness (QED) is 0.188. The maximum atomic E-state index is 6.55. The van der Waals surface area contributed by atoms with Gasteiger partial charge >= 0.3 is 0 Å². The van der Waals surface area contributed by atoms with E-state index in [1.807, 2.05) is 48.5 Å². The molecule has 50 heavy (non-hydrogen) atoms. The molecule has 0 fully saturated rings. The van der Waals surface area contributed by atoms with Crippen LogP contribution in [0.5, 0.6) is 0 Å². The van der Waals surface area contributed by atoms with Crippen molar-refractivity contribution in [2.45, 2.75) is 0 Å². The van der Waals surface area contributed by atoms with Crippen LogP contribution in [0.15, 0.2) is 174 Å². The minimum absolute atomic E-state index is 0.620. The summed E-state index contributed by atoms with van der Waals surface area (Å²) in [6.07, 6.45) is 0. The number of hydrogen-bond donors (Lipinski definition) is 0. The summed E-state index contributed by atoms with van der Waals surface area (Å²) in [4.78, 5) is 14.9. The molecule has 0 aliphatic rings. The lowest BCUT2D eigenvalue weighted by atomic mass is 10.0. The first-order valence-electron chi connectivity index (χ1n) is 16.7. The molecular formula is C45H28N4O. The lowest BCUT2D eigenvalue weighted by Gasteiger charge is -2.11. The van der Waals surface area contributed by atoms with E-state index in [0.29, 0.717) is 17.5 Å². The van der Waals surface area contributed by atoms with E-state index in [1.165, 1.54) is 10.9 Å². The molecule has 0 bridgehead atoms. The standard InChI is InChI=1S/C45H28N4O/c1-3-11-29(12-4-1)30-19-21-32(22-20-30)44-46-43(31-13-5-2-6-14-31)47-45(48-44)33-23-25-34(26-24-33)49-39-17-9-7-15-35(39)37-27-28-38-36-16-8-10-18-40(36)50-42(38)41(37)49/h1-28H. The summed E-state index contributed by atoms with van der Waals surface area (Å²) >= 11 is 0. The fourth-order valence-electron chi connectivity index (χ4n) is 7.05. The van der Waals surface area contributed by atoms with E-state index >= 15 is 0 Å². The van der Waals surface area contributed by atoms with Crippen LogP contribution in [-0.2, 0) is 0 Å². The smallest absolute Gasteiger partial charge is 0.164 e. The number of para-hydroxylation sites is 2. The van der Waals surface area contributed by atoms with Crippen LogP contribution in [0.4, 0.5) is 0 Å². The van der Waals surface area contributed by atoms with Crippen LogP contribution in [0, 0.1) is 0 Å². The van der Waals surface area contributed by atoms with Crippen LogP contribution in [0.1, 0.15) is 0 Å². The van der Waals surface area contributed by atoms with Crippen molar-refractivity contribution in [3.05, 3.63) is 170 Å². The average Bonchev–Trinajstić information content (AvgIpc) is 3.75. The Balaban J connectivity index is 1.11. The Kier molecular flexibility index (Phi) is 6.42. The van der Waals surface area contributed by atoms with Gasteiger partial charge in [0.05, 0.1) is 11.0 Å². The normalized spacial score (nSPS) is 11.6. The molecule has 0 saturated carbocycles. The minimum atomic E-state index is 0.620.